The maximum Gasteiger partial charge on any atom is 0.170 e. The summed E-state index contributed by atoms with van der Waals surface area (Å²) in [7, 11) is 0. The first-order valence-electron chi connectivity index (χ1n) is 7.99. The molecule has 0 radical (unpaired) electrons. The highest BCUT2D eigenvalue weighted by Crippen LogP contribution is 2.22. The minimum absolute atomic E-state index is 0.329. The van der Waals surface area contributed by atoms with Crippen molar-refractivity contribution in [2.75, 3.05) is 11.9 Å². The van der Waals surface area contributed by atoms with Gasteiger partial charge in [0.1, 0.15) is 5.75 Å². The number of anilines is 1. The fourth-order valence-corrected chi connectivity index (χ4v) is 2.31. The summed E-state index contributed by atoms with van der Waals surface area (Å²) in [5, 5.41) is 16.3. The minimum Gasteiger partial charge on any atom is -0.508 e. The normalized spacial score (nSPS) is 9.67. The zero-order chi connectivity index (χ0) is 17.9. The molecule has 130 valence electrons. The van der Waals surface area contributed by atoms with Crippen LogP contribution in [0.15, 0.2) is 42.5 Å². The fourth-order valence-electron chi connectivity index (χ4n) is 1.81. The minimum atomic E-state index is 0.329. The van der Waals surface area contributed by atoms with Crippen LogP contribution in [0.3, 0.4) is 0 Å². The van der Waals surface area contributed by atoms with E-state index >= 15 is 0 Å². The molecule has 0 aromatic heterocycles. The molecule has 0 saturated carbocycles. The summed E-state index contributed by atoms with van der Waals surface area (Å²) in [5.41, 5.74) is 3.16. The smallest absolute Gasteiger partial charge is 0.170 e. The number of nitrogens with one attached hydrogen (secondary N) is 2. The molecule has 0 heterocycles. The second-order valence-corrected chi connectivity index (χ2v) is 6.37. The quantitative estimate of drug-likeness (QED) is 0.499. The Hall–Kier alpha value is -1.78. The number of thiocarbonyl (C=S) groups is 1. The first-order chi connectivity index (χ1) is 11.4. The highest BCUT2D eigenvalue weighted by atomic mass is 35.5. The molecule has 0 fully saturated rings. The van der Waals surface area contributed by atoms with Crippen molar-refractivity contribution in [3.63, 3.8) is 0 Å². The lowest BCUT2D eigenvalue weighted by Crippen LogP contribution is -2.29. The Labute approximate surface area is 155 Å². The average molecular weight is 365 g/mol. The lowest BCUT2D eigenvalue weighted by atomic mass is 10.2. The van der Waals surface area contributed by atoms with E-state index < -0.39 is 0 Å². The number of rotatable bonds is 4. The average Bonchev–Trinajstić information content (AvgIpc) is 2.54. The number of hydrogen-bond acceptors (Lipinski definition) is 2. The van der Waals surface area contributed by atoms with Crippen LogP contribution in [-0.4, -0.2) is 16.8 Å². The third-order valence-corrected chi connectivity index (χ3v) is 3.78. The van der Waals surface area contributed by atoms with E-state index in [-0.39, 0.29) is 0 Å². The van der Waals surface area contributed by atoms with Gasteiger partial charge in [0, 0.05) is 6.54 Å². The van der Waals surface area contributed by atoms with Crippen LogP contribution in [0.5, 0.6) is 5.75 Å². The van der Waals surface area contributed by atoms with Crippen LogP contribution in [0, 0.1) is 13.8 Å². The summed E-state index contributed by atoms with van der Waals surface area (Å²) in [6.45, 7) is 7.04. The number of phenols is 1. The Morgan fingerprint density at radius 3 is 2.25 bits per heavy atom. The van der Waals surface area contributed by atoms with E-state index in [4.69, 9.17) is 28.9 Å². The van der Waals surface area contributed by atoms with Gasteiger partial charge >= 0.3 is 0 Å². The van der Waals surface area contributed by atoms with Crippen molar-refractivity contribution < 1.29 is 5.11 Å². The summed E-state index contributed by atoms with van der Waals surface area (Å²) in [6.07, 6.45) is 2.27. The number of aromatic hydroxyl groups is 1. The maximum absolute atomic E-state index is 8.76. The second-order valence-electron chi connectivity index (χ2n) is 5.55. The molecule has 3 nitrogen and oxygen atoms in total. The van der Waals surface area contributed by atoms with Crippen LogP contribution in [0.25, 0.3) is 0 Å². The van der Waals surface area contributed by atoms with Gasteiger partial charge in [-0.15, -0.1) is 0 Å². The topological polar surface area (TPSA) is 44.3 Å². The molecule has 2 aromatic carbocycles. The molecule has 3 N–H and O–H groups in total. The summed E-state index contributed by atoms with van der Waals surface area (Å²) >= 11 is 11.2. The SMILES string of the molecule is CCCCNC(=S)Nc1ccc(C)cc1Cl.Cc1ccc(O)cc1. The van der Waals surface area contributed by atoms with E-state index in [0.717, 1.165) is 30.6 Å². The van der Waals surface area contributed by atoms with Crippen molar-refractivity contribution in [3.05, 3.63) is 58.6 Å². The monoisotopic (exact) mass is 364 g/mol. The largest absolute Gasteiger partial charge is 0.508 e. The molecule has 0 spiro atoms. The molecule has 0 unspecified atom stereocenters. The number of hydrogen-bond donors (Lipinski definition) is 3. The van der Waals surface area contributed by atoms with Gasteiger partial charge in [0.2, 0.25) is 0 Å². The third-order valence-electron chi connectivity index (χ3n) is 3.22. The Balaban J connectivity index is 0.000000300. The van der Waals surface area contributed by atoms with Crippen LogP contribution < -0.4 is 10.6 Å². The van der Waals surface area contributed by atoms with Crippen LogP contribution in [0.1, 0.15) is 30.9 Å². The third kappa shape index (κ3) is 8.18. The van der Waals surface area contributed by atoms with E-state index in [1.165, 1.54) is 5.56 Å². The number of phenolic OH excluding ortho intramolecular Hbond substituents is 1. The van der Waals surface area contributed by atoms with E-state index in [2.05, 4.69) is 17.6 Å². The van der Waals surface area contributed by atoms with Crippen molar-refractivity contribution in [2.45, 2.75) is 33.6 Å². The molecule has 24 heavy (non-hydrogen) atoms. The van der Waals surface area contributed by atoms with Crippen LogP contribution in [0.4, 0.5) is 5.69 Å². The molecule has 2 rings (SSSR count). The first kappa shape index (κ1) is 20.3. The van der Waals surface area contributed by atoms with E-state index in [1.807, 2.05) is 44.2 Å². The van der Waals surface area contributed by atoms with E-state index in [1.54, 1.807) is 12.1 Å². The fraction of sp³-hybridized carbons (Fsp3) is 0.316. The summed E-state index contributed by atoms with van der Waals surface area (Å²) in [4.78, 5) is 0. The summed E-state index contributed by atoms with van der Waals surface area (Å²) < 4.78 is 0. The summed E-state index contributed by atoms with van der Waals surface area (Å²) in [5.74, 6) is 0.329. The predicted molar refractivity (Wildman–Crippen MR) is 108 cm³/mol. The number of aryl methyl sites for hydroxylation is 2. The van der Waals surface area contributed by atoms with Crippen molar-refractivity contribution in [2.24, 2.45) is 0 Å². The number of unbranched alkanes of at least 4 members (excludes halogenated alkanes) is 1. The van der Waals surface area contributed by atoms with Crippen molar-refractivity contribution >= 4 is 34.6 Å². The molecule has 0 atom stereocenters. The predicted octanol–water partition coefficient (Wildman–Crippen LogP) is 5.44. The molecule has 5 heteroatoms. The number of halogens is 1. The van der Waals surface area contributed by atoms with Crippen molar-refractivity contribution in [1.29, 1.82) is 0 Å². The molecule has 0 aliphatic rings. The Morgan fingerprint density at radius 1 is 1.08 bits per heavy atom. The Morgan fingerprint density at radius 2 is 1.71 bits per heavy atom. The van der Waals surface area contributed by atoms with Crippen LogP contribution >= 0.6 is 23.8 Å². The van der Waals surface area contributed by atoms with Crippen molar-refractivity contribution in [1.82, 2.24) is 5.32 Å². The van der Waals surface area contributed by atoms with Gasteiger partial charge in [-0.3, -0.25) is 0 Å². The standard InChI is InChI=1S/C12H17ClN2S.C7H8O/c1-3-4-7-14-12(16)15-11-6-5-9(2)8-10(11)13;1-6-2-4-7(8)5-3-6/h5-6,8H,3-4,7H2,1-2H3,(H2,14,15,16);2-5,8H,1H3. The lowest BCUT2D eigenvalue weighted by molar-refractivity contribution is 0.475. The van der Waals surface area contributed by atoms with E-state index in [9.17, 15) is 0 Å². The second kappa shape index (κ2) is 10.9. The van der Waals surface area contributed by atoms with Gasteiger partial charge in [0.05, 0.1) is 10.7 Å². The molecule has 0 bridgehead atoms. The van der Waals surface area contributed by atoms with Crippen molar-refractivity contribution in [3.8, 4) is 5.75 Å². The molecular formula is C19H25ClN2OS. The molecular weight excluding hydrogens is 340 g/mol. The van der Waals surface area contributed by atoms with Gasteiger partial charge in [0.15, 0.2) is 5.11 Å². The zero-order valence-electron chi connectivity index (χ0n) is 14.4. The first-order valence-corrected chi connectivity index (χ1v) is 8.77. The highest BCUT2D eigenvalue weighted by molar-refractivity contribution is 7.80. The van der Waals surface area contributed by atoms with Gasteiger partial charge in [-0.1, -0.05) is 48.7 Å². The Kier molecular flexibility index (Phi) is 9.20. The van der Waals surface area contributed by atoms with Gasteiger partial charge in [-0.2, -0.15) is 0 Å². The molecule has 2 aromatic rings. The maximum atomic E-state index is 8.76. The molecule has 0 aliphatic carbocycles. The van der Waals surface area contributed by atoms with Gasteiger partial charge in [-0.05, 0) is 62.3 Å². The molecule has 0 amide bonds. The Bertz CT molecular complexity index is 623. The summed E-state index contributed by atoms with van der Waals surface area (Å²) in [6, 6.07) is 12.9. The van der Waals surface area contributed by atoms with Crippen LogP contribution in [-0.2, 0) is 0 Å². The highest BCUT2D eigenvalue weighted by Gasteiger charge is 2.02. The lowest BCUT2D eigenvalue weighted by Gasteiger charge is -2.11. The molecule has 0 aliphatic heterocycles. The zero-order valence-corrected chi connectivity index (χ0v) is 16.0. The van der Waals surface area contributed by atoms with Crippen LogP contribution in [0.2, 0.25) is 5.02 Å². The van der Waals surface area contributed by atoms with Gasteiger partial charge in [-0.25, -0.2) is 0 Å². The van der Waals surface area contributed by atoms with Gasteiger partial charge in [0.25, 0.3) is 0 Å². The van der Waals surface area contributed by atoms with Gasteiger partial charge < -0.3 is 15.7 Å². The number of benzene rings is 2. The van der Waals surface area contributed by atoms with E-state index in [0.29, 0.717) is 15.9 Å². The molecule has 0 saturated heterocycles.